The molecule has 0 fully saturated rings. The third-order valence-electron chi connectivity index (χ3n) is 6.19. The zero-order chi connectivity index (χ0) is 26.9. The van der Waals surface area contributed by atoms with Crippen LogP contribution >= 0.6 is 0 Å². The Labute approximate surface area is 223 Å². The van der Waals surface area contributed by atoms with Gasteiger partial charge in [0, 0.05) is 11.3 Å². The van der Waals surface area contributed by atoms with E-state index < -0.39 is 6.04 Å². The molecule has 0 heterocycles. The van der Waals surface area contributed by atoms with E-state index in [1.165, 1.54) is 0 Å². The highest BCUT2D eigenvalue weighted by atomic mass is 16.5. The standard InChI is InChI=1S/C31H32N4O3/c1-21(23-11-7-4-8-12-23)34-31(36)29(35-26-16-13-24(14-17-26)30(32)33)25-15-18-27(28(19-25)37-2)38-20-22-9-5-3-6-10-22/h3-19,21,29,35H,20H2,1-2H3,(H3,32,33)(H,34,36)/t21-,29-/m0/s1. The molecule has 4 rings (SSSR count). The Balaban J connectivity index is 1.60. The molecule has 0 radical (unpaired) electrons. The van der Waals surface area contributed by atoms with Crippen LogP contribution in [0, 0.1) is 5.41 Å². The third kappa shape index (κ3) is 6.70. The number of hydrogen-bond donors (Lipinski definition) is 4. The first-order valence-electron chi connectivity index (χ1n) is 12.4. The Morgan fingerprint density at radius 3 is 2.16 bits per heavy atom. The second kappa shape index (κ2) is 12.5. The van der Waals surface area contributed by atoms with E-state index in [1.807, 2.05) is 85.8 Å². The van der Waals surface area contributed by atoms with E-state index in [2.05, 4.69) is 10.6 Å². The number of nitrogens with one attached hydrogen (secondary N) is 3. The molecule has 0 unspecified atom stereocenters. The van der Waals surface area contributed by atoms with Gasteiger partial charge in [-0.1, -0.05) is 66.7 Å². The van der Waals surface area contributed by atoms with Gasteiger partial charge in [0.15, 0.2) is 11.5 Å². The lowest BCUT2D eigenvalue weighted by atomic mass is 10.0. The Hall–Kier alpha value is -4.78. The number of amidine groups is 1. The fraction of sp³-hybridized carbons (Fsp3) is 0.161. The number of ether oxygens (including phenoxy) is 2. The molecule has 0 aliphatic rings. The van der Waals surface area contributed by atoms with Crippen LogP contribution in [-0.2, 0) is 11.4 Å². The largest absolute Gasteiger partial charge is 0.493 e. The average Bonchev–Trinajstić information content (AvgIpc) is 2.96. The van der Waals surface area contributed by atoms with Crippen LogP contribution in [-0.4, -0.2) is 18.9 Å². The number of anilines is 1. The number of methoxy groups -OCH3 is 1. The van der Waals surface area contributed by atoms with Gasteiger partial charge in [-0.05, 0) is 60.0 Å². The number of nitrogens with two attached hydrogens (primary N) is 1. The smallest absolute Gasteiger partial charge is 0.247 e. The molecule has 0 saturated heterocycles. The van der Waals surface area contributed by atoms with Gasteiger partial charge in [-0.15, -0.1) is 0 Å². The molecular formula is C31H32N4O3. The van der Waals surface area contributed by atoms with Gasteiger partial charge < -0.3 is 25.8 Å². The van der Waals surface area contributed by atoms with Crippen LogP contribution in [0.5, 0.6) is 11.5 Å². The molecular weight excluding hydrogens is 476 g/mol. The number of carbonyl (C=O) groups excluding carboxylic acids is 1. The number of carbonyl (C=O) groups is 1. The zero-order valence-corrected chi connectivity index (χ0v) is 21.5. The van der Waals surface area contributed by atoms with E-state index in [1.54, 1.807) is 31.4 Å². The topological polar surface area (TPSA) is 109 Å². The van der Waals surface area contributed by atoms with Crippen molar-refractivity contribution in [3.63, 3.8) is 0 Å². The Morgan fingerprint density at radius 1 is 0.868 bits per heavy atom. The molecule has 0 aliphatic heterocycles. The van der Waals surface area contributed by atoms with Crippen molar-refractivity contribution in [2.24, 2.45) is 5.73 Å². The summed E-state index contributed by atoms with van der Waals surface area (Å²) in [5.41, 5.74) is 9.68. The molecule has 5 N–H and O–H groups in total. The van der Waals surface area contributed by atoms with Crippen LogP contribution in [0.1, 0.15) is 41.3 Å². The molecule has 4 aromatic rings. The first-order valence-corrected chi connectivity index (χ1v) is 12.4. The maximum Gasteiger partial charge on any atom is 0.247 e. The lowest BCUT2D eigenvalue weighted by Crippen LogP contribution is -2.35. The van der Waals surface area contributed by atoms with Gasteiger partial charge in [0.25, 0.3) is 0 Å². The fourth-order valence-corrected chi connectivity index (χ4v) is 4.05. The Bertz CT molecular complexity index is 1360. The van der Waals surface area contributed by atoms with E-state index in [4.69, 9.17) is 20.6 Å². The lowest BCUT2D eigenvalue weighted by molar-refractivity contribution is -0.122. The summed E-state index contributed by atoms with van der Waals surface area (Å²) in [6.45, 7) is 2.35. The van der Waals surface area contributed by atoms with Crippen LogP contribution in [0.15, 0.2) is 103 Å². The molecule has 2 atom stereocenters. The zero-order valence-electron chi connectivity index (χ0n) is 21.5. The van der Waals surface area contributed by atoms with Crippen LogP contribution in [0.25, 0.3) is 0 Å². The van der Waals surface area contributed by atoms with E-state index in [0.29, 0.717) is 34.9 Å². The highest BCUT2D eigenvalue weighted by Gasteiger charge is 2.24. The summed E-state index contributed by atoms with van der Waals surface area (Å²) in [7, 11) is 1.58. The van der Waals surface area contributed by atoms with Crippen molar-refractivity contribution in [3.8, 4) is 11.5 Å². The average molecular weight is 509 g/mol. The van der Waals surface area contributed by atoms with E-state index in [-0.39, 0.29) is 17.8 Å². The normalized spacial score (nSPS) is 12.2. The highest BCUT2D eigenvalue weighted by Crippen LogP contribution is 2.33. The van der Waals surface area contributed by atoms with Crippen molar-refractivity contribution in [2.45, 2.75) is 25.6 Å². The molecule has 194 valence electrons. The summed E-state index contributed by atoms with van der Waals surface area (Å²) in [5.74, 6) is 0.902. The minimum Gasteiger partial charge on any atom is -0.493 e. The van der Waals surface area contributed by atoms with Gasteiger partial charge in [-0.2, -0.15) is 0 Å². The SMILES string of the molecule is COc1cc([C@H](Nc2ccc(C(=N)N)cc2)C(=O)N[C@@H](C)c2ccccc2)ccc1OCc1ccccc1. The van der Waals surface area contributed by atoms with Crippen molar-refractivity contribution >= 4 is 17.4 Å². The number of hydrogen-bond acceptors (Lipinski definition) is 5. The molecule has 0 aromatic heterocycles. The summed E-state index contributed by atoms with van der Waals surface area (Å²) in [6.07, 6.45) is 0. The third-order valence-corrected chi connectivity index (χ3v) is 6.19. The molecule has 7 nitrogen and oxygen atoms in total. The summed E-state index contributed by atoms with van der Waals surface area (Å²) in [6, 6.07) is 31.4. The molecule has 1 amide bonds. The van der Waals surface area contributed by atoms with Crippen LogP contribution < -0.4 is 25.8 Å². The fourth-order valence-electron chi connectivity index (χ4n) is 4.05. The molecule has 0 saturated carbocycles. The Kier molecular flexibility index (Phi) is 8.61. The van der Waals surface area contributed by atoms with Gasteiger partial charge in [0.2, 0.25) is 5.91 Å². The number of nitrogen functional groups attached to an aromatic ring is 1. The van der Waals surface area contributed by atoms with Gasteiger partial charge in [-0.3, -0.25) is 10.2 Å². The first-order chi connectivity index (χ1) is 18.4. The summed E-state index contributed by atoms with van der Waals surface area (Å²) < 4.78 is 11.6. The van der Waals surface area contributed by atoms with E-state index >= 15 is 0 Å². The lowest BCUT2D eigenvalue weighted by Gasteiger charge is -2.24. The number of rotatable bonds is 11. The molecule has 0 bridgehead atoms. The summed E-state index contributed by atoms with van der Waals surface area (Å²) in [5, 5.41) is 14.1. The quantitative estimate of drug-likeness (QED) is 0.156. The maximum atomic E-state index is 13.6. The van der Waals surface area contributed by atoms with Gasteiger partial charge in [0.1, 0.15) is 18.5 Å². The summed E-state index contributed by atoms with van der Waals surface area (Å²) >= 11 is 0. The molecule has 7 heteroatoms. The van der Waals surface area contributed by atoms with Gasteiger partial charge in [-0.25, -0.2) is 0 Å². The molecule has 38 heavy (non-hydrogen) atoms. The van der Waals surface area contributed by atoms with Crippen molar-refractivity contribution in [1.82, 2.24) is 5.32 Å². The number of benzene rings is 4. The van der Waals surface area contributed by atoms with Crippen LogP contribution in [0.4, 0.5) is 5.69 Å². The first kappa shape index (κ1) is 26.3. The van der Waals surface area contributed by atoms with Crippen molar-refractivity contribution in [3.05, 3.63) is 125 Å². The van der Waals surface area contributed by atoms with Gasteiger partial charge >= 0.3 is 0 Å². The van der Waals surface area contributed by atoms with E-state index in [9.17, 15) is 4.79 Å². The summed E-state index contributed by atoms with van der Waals surface area (Å²) in [4.78, 5) is 13.6. The van der Waals surface area contributed by atoms with E-state index in [0.717, 1.165) is 11.1 Å². The molecule has 4 aromatic carbocycles. The Morgan fingerprint density at radius 2 is 1.53 bits per heavy atom. The predicted octanol–water partition coefficient (Wildman–Crippen LogP) is 5.59. The van der Waals surface area contributed by atoms with Crippen molar-refractivity contribution < 1.29 is 14.3 Å². The second-order valence-corrected chi connectivity index (χ2v) is 8.89. The monoisotopic (exact) mass is 508 g/mol. The number of amides is 1. The highest BCUT2D eigenvalue weighted by molar-refractivity contribution is 5.95. The molecule has 0 aliphatic carbocycles. The predicted molar refractivity (Wildman–Crippen MR) is 151 cm³/mol. The second-order valence-electron chi connectivity index (χ2n) is 8.89. The van der Waals surface area contributed by atoms with Crippen molar-refractivity contribution in [1.29, 1.82) is 5.41 Å². The molecule has 0 spiro atoms. The van der Waals surface area contributed by atoms with Gasteiger partial charge in [0.05, 0.1) is 13.2 Å². The minimum atomic E-state index is -0.721. The van der Waals surface area contributed by atoms with Crippen molar-refractivity contribution in [2.75, 3.05) is 12.4 Å². The van der Waals surface area contributed by atoms with Crippen LogP contribution in [0.2, 0.25) is 0 Å². The minimum absolute atomic E-state index is 0.0154. The van der Waals surface area contributed by atoms with Crippen LogP contribution in [0.3, 0.4) is 0 Å². The maximum absolute atomic E-state index is 13.6.